The second-order valence-electron chi connectivity index (χ2n) is 3.37. The van der Waals surface area contributed by atoms with Crippen molar-refractivity contribution in [2.24, 2.45) is 0 Å². The van der Waals surface area contributed by atoms with Gasteiger partial charge in [-0.25, -0.2) is 0 Å². The molecule has 0 aliphatic heterocycles. The topological polar surface area (TPSA) is 145 Å². The van der Waals surface area contributed by atoms with Gasteiger partial charge in [-0.1, -0.05) is 0 Å². The van der Waals surface area contributed by atoms with Gasteiger partial charge in [0, 0.05) is 33.7 Å². The Balaban J connectivity index is -0.000000640. The second kappa shape index (κ2) is 12.5. The number of hydrogen-bond acceptors (Lipinski definition) is 10. The summed E-state index contributed by atoms with van der Waals surface area (Å²) in [5, 5.41) is 8.89. The van der Waals surface area contributed by atoms with Crippen LogP contribution in [-0.2, 0) is 42.9 Å². The predicted molar refractivity (Wildman–Crippen MR) is 60.5 cm³/mol. The molecule has 0 rings (SSSR count). The average molecular weight is 346 g/mol. The Morgan fingerprint density at radius 1 is 0.636 bits per heavy atom. The fourth-order valence-corrected chi connectivity index (χ4v) is 0.829. The molecule has 0 saturated heterocycles. The molecule has 0 fully saturated rings. The zero-order chi connectivity index (χ0) is 17.2. The van der Waals surface area contributed by atoms with E-state index in [1.54, 1.807) is 0 Å². The summed E-state index contributed by atoms with van der Waals surface area (Å²) in [5.41, 5.74) is 0. The normalized spacial score (nSPS) is 8.95. The molecule has 0 aliphatic rings. The van der Waals surface area contributed by atoms with E-state index in [0.717, 1.165) is 34.6 Å². The van der Waals surface area contributed by atoms with Gasteiger partial charge in [0.2, 0.25) is 0 Å². The summed E-state index contributed by atoms with van der Waals surface area (Å²) in [6.07, 6.45) is -2.81. The van der Waals surface area contributed by atoms with Crippen LogP contribution in [0.25, 0.3) is 0 Å². The molecule has 0 atom stereocenters. The van der Waals surface area contributed by atoms with E-state index in [0.29, 0.717) is 0 Å². The summed E-state index contributed by atoms with van der Waals surface area (Å²) in [6.45, 7) is 4.77. The van der Waals surface area contributed by atoms with Gasteiger partial charge in [0.15, 0.2) is 0 Å². The summed E-state index contributed by atoms with van der Waals surface area (Å²) in [4.78, 5) is 52.1. The Morgan fingerprint density at radius 3 is 0.864 bits per heavy atom. The van der Waals surface area contributed by atoms with Gasteiger partial charge in [-0.15, -0.1) is 0 Å². The van der Waals surface area contributed by atoms with Crippen molar-refractivity contribution in [1.82, 2.24) is 0 Å². The SMILES string of the molecule is CC(=O)OC(OC(C)=O)(OC(C)=O)OC(C)=O.CC(=O)[O-].[K+]. The molecule has 22 heavy (non-hydrogen) atoms. The van der Waals surface area contributed by atoms with Crippen molar-refractivity contribution in [3.8, 4) is 0 Å². The number of carboxylic acids is 1. The number of carboxylic acid groups (broad SMARTS) is 1. The smallest absolute Gasteiger partial charge is 0.550 e. The number of ether oxygens (including phenoxy) is 4. The minimum atomic E-state index is -2.81. The summed E-state index contributed by atoms with van der Waals surface area (Å²) in [7, 11) is 0. The molecule has 0 aliphatic carbocycles. The van der Waals surface area contributed by atoms with E-state index in [2.05, 4.69) is 18.9 Å². The molecule has 0 bridgehead atoms. The largest absolute Gasteiger partial charge is 1.00 e. The van der Waals surface area contributed by atoms with E-state index in [4.69, 9.17) is 9.90 Å². The van der Waals surface area contributed by atoms with Crippen LogP contribution in [0, 0.1) is 0 Å². The average Bonchev–Trinajstić information content (AvgIpc) is 2.08. The van der Waals surface area contributed by atoms with Crippen molar-refractivity contribution in [3.05, 3.63) is 0 Å². The Morgan fingerprint density at radius 2 is 0.773 bits per heavy atom. The molecule has 0 saturated carbocycles. The summed E-state index contributed by atoms with van der Waals surface area (Å²) in [6, 6.07) is 0. The maximum atomic E-state index is 10.8. The van der Waals surface area contributed by atoms with E-state index < -0.39 is 36.0 Å². The number of carbonyl (C=O) groups is 5. The Kier molecular flexibility index (Phi) is 14.7. The Labute approximate surface area is 168 Å². The number of esters is 4. The van der Waals surface area contributed by atoms with Gasteiger partial charge >= 0.3 is 81.4 Å². The number of rotatable bonds is 4. The molecular formula is C11H15KO10. The third-order valence-electron chi connectivity index (χ3n) is 1.07. The van der Waals surface area contributed by atoms with Crippen LogP contribution in [0.3, 0.4) is 0 Å². The minimum Gasteiger partial charge on any atom is -0.550 e. The van der Waals surface area contributed by atoms with Gasteiger partial charge in [-0.3, -0.25) is 19.2 Å². The third-order valence-corrected chi connectivity index (χ3v) is 1.07. The maximum Gasteiger partial charge on any atom is 1.00 e. The number of aliphatic carboxylic acids is 1. The number of hydrogen-bond donors (Lipinski definition) is 0. The molecule has 0 aromatic rings. The predicted octanol–water partition coefficient (Wildman–Crippen LogP) is -4.39. The van der Waals surface area contributed by atoms with Crippen LogP contribution < -0.4 is 56.5 Å². The van der Waals surface area contributed by atoms with Crippen LogP contribution in [0.4, 0.5) is 0 Å². The van der Waals surface area contributed by atoms with Gasteiger partial charge in [0.05, 0.1) is 0 Å². The fourth-order valence-electron chi connectivity index (χ4n) is 0.829. The monoisotopic (exact) mass is 346 g/mol. The first-order valence-corrected chi connectivity index (χ1v) is 5.36. The van der Waals surface area contributed by atoms with E-state index in [1.807, 2.05) is 0 Å². The second-order valence-corrected chi connectivity index (χ2v) is 3.37. The Hall–Kier alpha value is -1.01. The van der Waals surface area contributed by atoms with Crippen molar-refractivity contribution in [3.63, 3.8) is 0 Å². The van der Waals surface area contributed by atoms with E-state index >= 15 is 0 Å². The molecule has 0 spiro atoms. The molecule has 0 heterocycles. The van der Waals surface area contributed by atoms with Crippen molar-refractivity contribution < 1.29 is 99.4 Å². The molecule has 0 amide bonds. The first kappa shape index (κ1) is 25.9. The van der Waals surface area contributed by atoms with Crippen LogP contribution in [0.15, 0.2) is 0 Å². The van der Waals surface area contributed by atoms with Gasteiger partial charge in [-0.2, -0.15) is 0 Å². The first-order valence-electron chi connectivity index (χ1n) is 5.36. The number of carbonyl (C=O) groups excluding carboxylic acids is 5. The van der Waals surface area contributed by atoms with Gasteiger partial charge in [0.25, 0.3) is 0 Å². The molecule has 0 radical (unpaired) electrons. The van der Waals surface area contributed by atoms with Crippen LogP contribution in [0.1, 0.15) is 34.6 Å². The zero-order valence-electron chi connectivity index (χ0n) is 13.1. The van der Waals surface area contributed by atoms with Gasteiger partial charge in [-0.05, 0) is 6.92 Å². The van der Waals surface area contributed by atoms with Crippen LogP contribution >= 0.6 is 0 Å². The van der Waals surface area contributed by atoms with E-state index in [1.165, 1.54) is 0 Å². The molecule has 0 unspecified atom stereocenters. The zero-order valence-corrected chi connectivity index (χ0v) is 16.2. The summed E-state index contributed by atoms with van der Waals surface area (Å²) >= 11 is 0. The quantitative estimate of drug-likeness (QED) is 0.278. The Bertz CT molecular complexity index is 357. The van der Waals surface area contributed by atoms with Crippen molar-refractivity contribution in [2.75, 3.05) is 0 Å². The molecule has 0 aromatic heterocycles. The molecular weight excluding hydrogens is 331 g/mol. The van der Waals surface area contributed by atoms with Crippen LogP contribution in [-0.4, -0.2) is 36.0 Å². The fraction of sp³-hybridized carbons (Fsp3) is 0.545. The van der Waals surface area contributed by atoms with Crippen molar-refractivity contribution in [1.29, 1.82) is 0 Å². The molecule has 0 N–H and O–H groups in total. The summed E-state index contributed by atoms with van der Waals surface area (Å²) < 4.78 is 17.6. The molecule has 120 valence electrons. The van der Waals surface area contributed by atoms with Gasteiger partial charge < -0.3 is 28.8 Å². The maximum absolute atomic E-state index is 10.8. The van der Waals surface area contributed by atoms with E-state index in [9.17, 15) is 19.2 Å². The van der Waals surface area contributed by atoms with Gasteiger partial charge in [0.1, 0.15) is 0 Å². The third kappa shape index (κ3) is 17.0. The first-order chi connectivity index (χ1) is 9.40. The van der Waals surface area contributed by atoms with Crippen LogP contribution in [0.2, 0.25) is 0 Å². The van der Waals surface area contributed by atoms with Crippen molar-refractivity contribution >= 4 is 29.8 Å². The summed E-state index contributed by atoms with van der Waals surface area (Å²) in [5.74, 6) is -5.00. The van der Waals surface area contributed by atoms with E-state index in [-0.39, 0.29) is 51.4 Å². The minimum absolute atomic E-state index is 0. The standard InChI is InChI=1S/C9H12O8.C2H4O2.K/c1-5(10)14-9(15-6(2)11,16-7(3)12)17-8(4)13;1-2(3)4;/h1-4H3;1H3,(H,3,4);/q;;+1/p-1. The molecule has 11 heteroatoms. The molecule has 10 nitrogen and oxygen atoms in total. The van der Waals surface area contributed by atoms with Crippen LogP contribution in [0.5, 0.6) is 0 Å². The van der Waals surface area contributed by atoms with Crippen molar-refractivity contribution in [2.45, 2.75) is 40.8 Å². The molecule has 0 aromatic carbocycles.